The number of rotatable bonds is 61. The molecule has 0 saturated carbocycles. The highest BCUT2D eigenvalue weighted by atomic mass is 31.2. The van der Waals surface area contributed by atoms with Gasteiger partial charge in [0.2, 0.25) is 5.91 Å². The molecular formula is C71H129N2O6P. The van der Waals surface area contributed by atoms with Crippen LogP contribution < -0.4 is 10.2 Å². The maximum atomic E-state index is 13.0. The number of nitrogens with one attached hydrogen (secondary N) is 1. The van der Waals surface area contributed by atoms with E-state index in [9.17, 15) is 19.4 Å². The van der Waals surface area contributed by atoms with E-state index in [1.165, 1.54) is 199 Å². The highest BCUT2D eigenvalue weighted by Crippen LogP contribution is 2.38. The summed E-state index contributed by atoms with van der Waals surface area (Å²) in [6.45, 7) is 4.52. The molecule has 0 saturated heterocycles. The van der Waals surface area contributed by atoms with Gasteiger partial charge >= 0.3 is 0 Å². The summed E-state index contributed by atoms with van der Waals surface area (Å²) in [6.07, 6.45) is 88.2. The summed E-state index contributed by atoms with van der Waals surface area (Å²) >= 11 is 0. The van der Waals surface area contributed by atoms with Gasteiger partial charge in [-0.05, 0) is 89.9 Å². The molecule has 0 aromatic rings. The van der Waals surface area contributed by atoms with E-state index in [4.69, 9.17) is 9.05 Å². The number of hydrogen-bond acceptors (Lipinski definition) is 6. The number of carbonyl (C=O) groups is 1. The van der Waals surface area contributed by atoms with Crippen LogP contribution in [0.1, 0.15) is 296 Å². The second-order valence-corrected chi connectivity index (χ2v) is 25.2. The maximum Gasteiger partial charge on any atom is 0.268 e. The van der Waals surface area contributed by atoms with Crippen LogP contribution in [0.25, 0.3) is 0 Å². The molecule has 0 aliphatic carbocycles. The van der Waals surface area contributed by atoms with E-state index in [2.05, 4.69) is 104 Å². The van der Waals surface area contributed by atoms with Crippen LogP contribution in [-0.4, -0.2) is 68.5 Å². The van der Waals surface area contributed by atoms with Crippen molar-refractivity contribution < 1.29 is 32.9 Å². The number of aliphatic hydroxyl groups excluding tert-OH is 1. The van der Waals surface area contributed by atoms with Crippen molar-refractivity contribution in [3.8, 4) is 0 Å². The Labute approximate surface area is 496 Å². The number of phosphoric acid groups is 1. The minimum atomic E-state index is -4.61. The average molecular weight is 1140 g/mol. The van der Waals surface area contributed by atoms with Crippen molar-refractivity contribution in [1.29, 1.82) is 0 Å². The average Bonchev–Trinajstić information content (AvgIpc) is 3.42. The van der Waals surface area contributed by atoms with Gasteiger partial charge < -0.3 is 28.8 Å². The molecule has 0 aromatic carbocycles. The first-order valence-electron chi connectivity index (χ1n) is 33.6. The van der Waals surface area contributed by atoms with Crippen LogP contribution in [0.3, 0.4) is 0 Å². The molecular weight excluding hydrogens is 1010 g/mol. The predicted molar refractivity (Wildman–Crippen MR) is 348 cm³/mol. The lowest BCUT2D eigenvalue weighted by Crippen LogP contribution is -2.45. The Morgan fingerprint density at radius 2 is 0.775 bits per heavy atom. The minimum absolute atomic E-state index is 0.0104. The van der Waals surface area contributed by atoms with Gasteiger partial charge in [0.15, 0.2) is 0 Å². The van der Waals surface area contributed by atoms with Crippen molar-refractivity contribution in [2.45, 2.75) is 309 Å². The highest BCUT2D eigenvalue weighted by Gasteiger charge is 2.23. The van der Waals surface area contributed by atoms with E-state index in [0.717, 1.165) is 77.0 Å². The van der Waals surface area contributed by atoms with Crippen molar-refractivity contribution in [2.75, 3.05) is 40.9 Å². The molecule has 0 aromatic heterocycles. The molecule has 464 valence electrons. The van der Waals surface area contributed by atoms with Crippen LogP contribution in [0.4, 0.5) is 0 Å². The molecule has 0 rings (SSSR count). The maximum absolute atomic E-state index is 13.0. The molecule has 9 heteroatoms. The third kappa shape index (κ3) is 63.0. The van der Waals surface area contributed by atoms with E-state index >= 15 is 0 Å². The van der Waals surface area contributed by atoms with E-state index < -0.39 is 26.6 Å². The lowest BCUT2D eigenvalue weighted by molar-refractivity contribution is -0.870. The first-order chi connectivity index (χ1) is 39.0. The van der Waals surface area contributed by atoms with Gasteiger partial charge in [0, 0.05) is 6.42 Å². The van der Waals surface area contributed by atoms with Gasteiger partial charge in [-0.3, -0.25) is 9.36 Å². The Morgan fingerprint density at radius 3 is 1.16 bits per heavy atom. The smallest absolute Gasteiger partial charge is 0.268 e. The summed E-state index contributed by atoms with van der Waals surface area (Å²) in [5.74, 6) is -0.209. The second-order valence-electron chi connectivity index (χ2n) is 23.8. The molecule has 80 heavy (non-hydrogen) atoms. The lowest BCUT2D eigenvalue weighted by atomic mass is 10.0. The third-order valence-electron chi connectivity index (χ3n) is 14.8. The lowest BCUT2D eigenvalue weighted by Gasteiger charge is -2.29. The van der Waals surface area contributed by atoms with Gasteiger partial charge in [-0.15, -0.1) is 0 Å². The monoisotopic (exact) mass is 1140 g/mol. The number of hydrogen-bond donors (Lipinski definition) is 2. The molecule has 0 fully saturated rings. The summed E-state index contributed by atoms with van der Waals surface area (Å²) in [4.78, 5) is 25.6. The Morgan fingerprint density at radius 1 is 0.450 bits per heavy atom. The molecule has 2 N–H and O–H groups in total. The van der Waals surface area contributed by atoms with Crippen molar-refractivity contribution in [2.24, 2.45) is 0 Å². The van der Waals surface area contributed by atoms with E-state index in [0.29, 0.717) is 17.4 Å². The summed E-state index contributed by atoms with van der Waals surface area (Å²) in [6, 6.07) is -0.913. The number of likely N-dealkylation sites (N-methyl/N-ethyl adjacent to an activating group) is 1. The standard InChI is InChI=1S/C71H129N2O6P/c1-6-8-10-12-14-16-18-20-22-24-26-27-28-29-30-31-32-33-34-35-36-37-38-39-40-41-42-43-44-45-47-49-51-53-55-57-59-61-63-65-71(75)72-69(68-79-80(76,77)78-67-66-73(3,4)5)70(74)64-62-60-58-56-54-52-50-48-46-25-23-21-19-17-15-13-11-9-7-2/h8,10,14,16,20,22,26-27,29-30,46,48,54,56,62,64,69-70,74H,6-7,9,11-13,15,17-19,21,23-25,28,31-45,47,49-53,55,57-61,63,65-68H2,1-5H3,(H-,72,75,76,77)/b10-8-,16-14-,22-20-,27-26-,30-29-,48-46+,56-54+,64-62+. The molecule has 0 heterocycles. The number of allylic oxidation sites excluding steroid dienone is 15. The van der Waals surface area contributed by atoms with Gasteiger partial charge in [-0.1, -0.05) is 297 Å². The van der Waals surface area contributed by atoms with Crippen LogP contribution >= 0.6 is 7.82 Å². The summed E-state index contributed by atoms with van der Waals surface area (Å²) < 4.78 is 23.4. The molecule has 0 aliphatic rings. The second kappa shape index (κ2) is 61.0. The van der Waals surface area contributed by atoms with Crippen LogP contribution in [-0.2, 0) is 18.4 Å². The van der Waals surface area contributed by atoms with Crippen LogP contribution in [0.5, 0.6) is 0 Å². The zero-order chi connectivity index (χ0) is 58.4. The minimum Gasteiger partial charge on any atom is -0.756 e. The first-order valence-corrected chi connectivity index (χ1v) is 35.1. The Kier molecular flexibility index (Phi) is 59.0. The quantitative estimate of drug-likeness (QED) is 0.0272. The topological polar surface area (TPSA) is 108 Å². The molecule has 0 aliphatic heterocycles. The number of aliphatic hydroxyl groups is 1. The molecule has 8 nitrogen and oxygen atoms in total. The Bertz CT molecular complexity index is 1620. The zero-order valence-corrected chi connectivity index (χ0v) is 53.9. The number of amides is 1. The Hall–Kier alpha value is -2.58. The van der Waals surface area contributed by atoms with Gasteiger partial charge in [-0.25, -0.2) is 0 Å². The SMILES string of the molecule is CC/C=C\C/C=C\C/C=C\C/C=C\C/C=C\CCCCCCCCCCCCCCCCCCCCCCCCCC(=O)NC(COP(=O)([O-])OCC[N+](C)(C)C)C(O)/C=C/CC/C=C/CC/C=C/CCCCCCCCCCC. The van der Waals surface area contributed by atoms with Crippen molar-refractivity contribution in [3.63, 3.8) is 0 Å². The van der Waals surface area contributed by atoms with E-state index in [1.807, 2.05) is 27.2 Å². The van der Waals surface area contributed by atoms with Crippen LogP contribution in [0.15, 0.2) is 97.2 Å². The molecule has 0 bridgehead atoms. The molecule has 3 unspecified atom stereocenters. The fourth-order valence-electron chi connectivity index (χ4n) is 9.57. The third-order valence-corrected chi connectivity index (χ3v) is 15.7. The number of nitrogens with zero attached hydrogens (tertiary/aromatic N) is 1. The molecule has 0 spiro atoms. The van der Waals surface area contributed by atoms with Gasteiger partial charge in [0.05, 0.1) is 39.9 Å². The van der Waals surface area contributed by atoms with Crippen LogP contribution in [0, 0.1) is 0 Å². The Balaban J connectivity index is 4.01. The number of carbonyl (C=O) groups excluding carboxylic acids is 1. The number of quaternary nitrogens is 1. The van der Waals surface area contributed by atoms with E-state index in [-0.39, 0.29) is 12.5 Å². The zero-order valence-electron chi connectivity index (χ0n) is 53.0. The van der Waals surface area contributed by atoms with Crippen LogP contribution in [0.2, 0.25) is 0 Å². The molecule has 0 radical (unpaired) electrons. The van der Waals surface area contributed by atoms with E-state index in [1.54, 1.807) is 6.08 Å². The van der Waals surface area contributed by atoms with Gasteiger partial charge in [0.1, 0.15) is 13.2 Å². The highest BCUT2D eigenvalue weighted by molar-refractivity contribution is 7.45. The van der Waals surface area contributed by atoms with Crippen molar-refractivity contribution in [1.82, 2.24) is 5.32 Å². The molecule has 1 amide bonds. The summed E-state index contributed by atoms with van der Waals surface area (Å²) in [5.41, 5.74) is 0. The normalized spacial score (nSPS) is 14.3. The summed E-state index contributed by atoms with van der Waals surface area (Å²) in [7, 11) is 1.24. The van der Waals surface area contributed by atoms with Crippen molar-refractivity contribution >= 4 is 13.7 Å². The van der Waals surface area contributed by atoms with Crippen molar-refractivity contribution in [3.05, 3.63) is 97.2 Å². The predicted octanol–water partition coefficient (Wildman–Crippen LogP) is 20.7. The van der Waals surface area contributed by atoms with Gasteiger partial charge in [-0.2, -0.15) is 0 Å². The first kappa shape index (κ1) is 77.4. The summed E-state index contributed by atoms with van der Waals surface area (Å²) in [5, 5.41) is 13.9. The largest absolute Gasteiger partial charge is 0.756 e. The fourth-order valence-corrected chi connectivity index (χ4v) is 10.3. The number of unbranched alkanes of at least 4 members (excludes halogenated alkanes) is 34. The molecule has 3 atom stereocenters. The fraction of sp³-hybridized carbons (Fsp3) is 0.761. The van der Waals surface area contributed by atoms with Gasteiger partial charge in [0.25, 0.3) is 7.82 Å². The number of phosphoric ester groups is 1.